The standard InChI is InChI=1S/C34H44N4O6/c1-9-42-28(39)36-21-19-34(23-15-11-13-17-25(23)38(27(34)36)30(41)44-32(5,6)7)33-18-20-35(8)26(33)37(29(40)43-31(2,3)4)24-16-12-10-14-22(24)33/h10-17,26-27H,9,18-21H2,1-8H3/t26?,27-,33-,34?/m0/s1. The van der Waals surface area contributed by atoms with Crippen LogP contribution in [0.4, 0.5) is 25.8 Å². The van der Waals surface area contributed by atoms with Crippen LogP contribution in [0, 0.1) is 0 Å². The summed E-state index contributed by atoms with van der Waals surface area (Å²) < 4.78 is 17.6. The van der Waals surface area contributed by atoms with E-state index in [0.717, 1.165) is 16.8 Å². The minimum atomic E-state index is -0.796. The molecule has 0 spiro atoms. The van der Waals surface area contributed by atoms with Crippen molar-refractivity contribution in [2.24, 2.45) is 0 Å². The maximum Gasteiger partial charge on any atom is 0.416 e. The number of fused-ring (bicyclic) bond motifs is 7. The van der Waals surface area contributed by atoms with Gasteiger partial charge in [-0.1, -0.05) is 36.4 Å². The van der Waals surface area contributed by atoms with E-state index >= 15 is 0 Å². The molecule has 2 saturated heterocycles. The largest absolute Gasteiger partial charge is 0.450 e. The number of anilines is 2. The van der Waals surface area contributed by atoms with Gasteiger partial charge in [0.25, 0.3) is 0 Å². The Kier molecular flexibility index (Phi) is 6.96. The van der Waals surface area contributed by atoms with Crippen LogP contribution in [0.5, 0.6) is 0 Å². The molecule has 0 saturated carbocycles. The molecule has 6 rings (SSSR count). The molecule has 4 aliphatic rings. The lowest BCUT2D eigenvalue weighted by Gasteiger charge is -2.50. The van der Waals surface area contributed by atoms with Gasteiger partial charge >= 0.3 is 18.3 Å². The van der Waals surface area contributed by atoms with Crippen molar-refractivity contribution in [2.45, 2.75) is 95.7 Å². The smallest absolute Gasteiger partial charge is 0.416 e. The molecule has 0 radical (unpaired) electrons. The first-order valence-corrected chi connectivity index (χ1v) is 15.5. The lowest BCUT2D eigenvalue weighted by atomic mass is 9.55. The maximum atomic E-state index is 14.2. The van der Waals surface area contributed by atoms with Gasteiger partial charge in [0.15, 0.2) is 0 Å². The molecule has 2 aromatic rings. The number of likely N-dealkylation sites (tertiary alicyclic amines) is 2. The number of rotatable bonds is 2. The average Bonchev–Trinajstić information content (AvgIpc) is 3.63. The Morgan fingerprint density at radius 3 is 1.68 bits per heavy atom. The zero-order valence-electron chi connectivity index (χ0n) is 27.0. The van der Waals surface area contributed by atoms with Crippen LogP contribution in [0.3, 0.4) is 0 Å². The number of para-hydroxylation sites is 2. The SMILES string of the molecule is CCOC(=O)N1CCC2([C@]34CCN(C)C3N(C(=O)OC(C)(C)C)c3ccccc34)c3ccccc3N(C(=O)OC(C)(C)C)[C@H]12. The van der Waals surface area contributed by atoms with Crippen LogP contribution < -0.4 is 9.80 Å². The van der Waals surface area contributed by atoms with Crippen LogP contribution in [0.1, 0.15) is 72.4 Å². The van der Waals surface area contributed by atoms with E-state index in [1.54, 1.807) is 21.6 Å². The van der Waals surface area contributed by atoms with E-state index in [4.69, 9.17) is 14.2 Å². The molecule has 0 aliphatic carbocycles. The molecule has 4 atom stereocenters. The number of hydrogen-bond donors (Lipinski definition) is 0. The van der Waals surface area contributed by atoms with E-state index in [1.165, 1.54) is 0 Å². The number of ether oxygens (including phenoxy) is 3. The van der Waals surface area contributed by atoms with Crippen LogP contribution in [0.25, 0.3) is 0 Å². The number of nitrogens with zero attached hydrogens (tertiary/aromatic N) is 4. The van der Waals surface area contributed by atoms with Gasteiger partial charge in [0.05, 0.1) is 23.4 Å². The topological polar surface area (TPSA) is 91.9 Å². The van der Waals surface area contributed by atoms with E-state index in [9.17, 15) is 14.4 Å². The monoisotopic (exact) mass is 604 g/mol. The van der Waals surface area contributed by atoms with Crippen molar-refractivity contribution in [1.82, 2.24) is 9.80 Å². The summed E-state index contributed by atoms with van der Waals surface area (Å²) in [5, 5.41) is 0. The molecule has 10 nitrogen and oxygen atoms in total. The summed E-state index contributed by atoms with van der Waals surface area (Å²) in [6, 6.07) is 15.9. The van der Waals surface area contributed by atoms with Crippen LogP contribution in [-0.2, 0) is 25.0 Å². The number of carbonyl (C=O) groups is 3. The number of likely N-dealkylation sites (N-methyl/N-ethyl adjacent to an activating group) is 1. The number of hydrogen-bond acceptors (Lipinski definition) is 7. The second kappa shape index (κ2) is 10.1. The van der Waals surface area contributed by atoms with Crippen molar-refractivity contribution < 1.29 is 28.6 Å². The number of amides is 3. The molecular formula is C34H44N4O6. The summed E-state index contributed by atoms with van der Waals surface area (Å²) >= 11 is 0. The van der Waals surface area contributed by atoms with Gasteiger partial charge in [-0.15, -0.1) is 0 Å². The average molecular weight is 605 g/mol. The van der Waals surface area contributed by atoms with Gasteiger partial charge in [0.2, 0.25) is 0 Å². The molecule has 0 bridgehead atoms. The van der Waals surface area contributed by atoms with Crippen LogP contribution in [-0.4, -0.2) is 78.4 Å². The third-order valence-electron chi connectivity index (χ3n) is 9.46. The van der Waals surface area contributed by atoms with Crippen molar-refractivity contribution in [1.29, 1.82) is 0 Å². The van der Waals surface area contributed by atoms with Crippen molar-refractivity contribution in [3.05, 3.63) is 59.7 Å². The highest BCUT2D eigenvalue weighted by atomic mass is 16.6. The molecule has 2 unspecified atom stereocenters. The van der Waals surface area contributed by atoms with Crippen molar-refractivity contribution in [2.75, 3.05) is 36.5 Å². The Bertz CT molecular complexity index is 1500. The Balaban J connectivity index is 1.63. The molecule has 44 heavy (non-hydrogen) atoms. The quantitative estimate of drug-likeness (QED) is 0.376. The van der Waals surface area contributed by atoms with E-state index in [1.807, 2.05) is 85.0 Å². The van der Waals surface area contributed by atoms with E-state index in [-0.39, 0.29) is 6.61 Å². The second-order valence-electron chi connectivity index (χ2n) is 14.3. The Hall–Kier alpha value is -3.79. The number of carbonyl (C=O) groups excluding carboxylic acids is 3. The Morgan fingerprint density at radius 1 is 0.727 bits per heavy atom. The lowest BCUT2D eigenvalue weighted by molar-refractivity contribution is 0.0398. The normalized spacial score (nSPS) is 27.5. The Morgan fingerprint density at radius 2 is 1.18 bits per heavy atom. The molecule has 0 N–H and O–H groups in total. The van der Waals surface area contributed by atoms with Gasteiger partial charge in [0, 0.05) is 18.5 Å². The summed E-state index contributed by atoms with van der Waals surface area (Å²) in [5.74, 6) is 0. The molecule has 10 heteroatoms. The van der Waals surface area contributed by atoms with Gasteiger partial charge in [0.1, 0.15) is 23.5 Å². The summed E-state index contributed by atoms with van der Waals surface area (Å²) in [5.41, 5.74) is 0.513. The van der Waals surface area contributed by atoms with Gasteiger partial charge in [-0.25, -0.2) is 14.4 Å². The third kappa shape index (κ3) is 4.20. The van der Waals surface area contributed by atoms with Gasteiger partial charge < -0.3 is 14.2 Å². The minimum Gasteiger partial charge on any atom is -0.450 e. The van der Waals surface area contributed by atoms with Crippen molar-refractivity contribution >= 4 is 29.7 Å². The third-order valence-corrected chi connectivity index (χ3v) is 9.46. The fraction of sp³-hybridized carbons (Fsp3) is 0.559. The summed E-state index contributed by atoms with van der Waals surface area (Å²) in [6.07, 6.45) is -1.32. The molecule has 2 fully saturated rings. The van der Waals surface area contributed by atoms with Gasteiger partial charge in [-0.05, 0) is 91.6 Å². The van der Waals surface area contributed by atoms with E-state index < -0.39 is 52.6 Å². The lowest BCUT2D eigenvalue weighted by Crippen LogP contribution is -2.65. The van der Waals surface area contributed by atoms with Crippen LogP contribution in [0.2, 0.25) is 0 Å². The molecule has 2 aromatic carbocycles. The Labute approximate surface area is 259 Å². The van der Waals surface area contributed by atoms with Gasteiger partial charge in [-0.3, -0.25) is 19.6 Å². The first kappa shape index (κ1) is 30.2. The first-order chi connectivity index (χ1) is 20.7. The molecule has 236 valence electrons. The van der Waals surface area contributed by atoms with Crippen LogP contribution in [0.15, 0.2) is 48.5 Å². The minimum absolute atomic E-state index is 0.209. The summed E-state index contributed by atoms with van der Waals surface area (Å²) in [4.78, 5) is 49.4. The predicted molar refractivity (Wildman–Crippen MR) is 167 cm³/mol. The highest BCUT2D eigenvalue weighted by Crippen LogP contribution is 2.69. The van der Waals surface area contributed by atoms with Crippen molar-refractivity contribution in [3.63, 3.8) is 0 Å². The number of benzene rings is 2. The fourth-order valence-corrected chi connectivity index (χ4v) is 8.31. The zero-order valence-corrected chi connectivity index (χ0v) is 27.0. The molecule has 4 heterocycles. The molecule has 4 aliphatic heterocycles. The maximum absolute atomic E-state index is 14.2. The summed E-state index contributed by atoms with van der Waals surface area (Å²) in [7, 11) is 2.03. The van der Waals surface area contributed by atoms with Crippen molar-refractivity contribution in [3.8, 4) is 0 Å². The molecule has 0 aromatic heterocycles. The highest BCUT2D eigenvalue weighted by molar-refractivity contribution is 5.97. The first-order valence-electron chi connectivity index (χ1n) is 15.5. The predicted octanol–water partition coefficient (Wildman–Crippen LogP) is 6.22. The summed E-state index contributed by atoms with van der Waals surface area (Å²) in [6.45, 7) is 14.2. The van der Waals surface area contributed by atoms with Gasteiger partial charge in [-0.2, -0.15) is 0 Å². The van der Waals surface area contributed by atoms with E-state index in [2.05, 4.69) is 17.0 Å². The highest BCUT2D eigenvalue weighted by Gasteiger charge is 2.76. The molecule has 3 amide bonds. The second-order valence-corrected chi connectivity index (χ2v) is 14.3. The zero-order chi connectivity index (χ0) is 31.8. The fourth-order valence-electron chi connectivity index (χ4n) is 8.31. The van der Waals surface area contributed by atoms with E-state index in [0.29, 0.717) is 31.6 Å². The molecular weight excluding hydrogens is 560 g/mol. The van der Waals surface area contributed by atoms with Crippen LogP contribution >= 0.6 is 0 Å².